The molecule has 2 N–H and O–H groups in total. The lowest BCUT2D eigenvalue weighted by Gasteiger charge is -2.18. The number of aromatic nitrogens is 3. The highest BCUT2D eigenvalue weighted by molar-refractivity contribution is 5.88. The van der Waals surface area contributed by atoms with Crippen molar-refractivity contribution in [2.45, 2.75) is 32.2 Å². The van der Waals surface area contributed by atoms with E-state index in [-0.39, 0.29) is 17.8 Å². The van der Waals surface area contributed by atoms with Crippen LogP contribution in [0, 0.1) is 0 Å². The zero-order valence-electron chi connectivity index (χ0n) is 14.0. The van der Waals surface area contributed by atoms with Crippen LogP contribution < -0.4 is 4.90 Å². The summed E-state index contributed by atoms with van der Waals surface area (Å²) in [7, 11) is 0. The highest BCUT2D eigenvalue weighted by Gasteiger charge is 2.34. The van der Waals surface area contributed by atoms with Gasteiger partial charge < -0.3 is 19.8 Å². The van der Waals surface area contributed by atoms with Crippen molar-refractivity contribution < 1.29 is 19.7 Å². The van der Waals surface area contributed by atoms with E-state index in [9.17, 15) is 9.90 Å². The van der Waals surface area contributed by atoms with Gasteiger partial charge in [-0.05, 0) is 32.0 Å². The molecule has 3 heterocycles. The summed E-state index contributed by atoms with van der Waals surface area (Å²) >= 11 is 0. The van der Waals surface area contributed by atoms with Crippen LogP contribution in [0.25, 0.3) is 11.4 Å². The Labute approximate surface area is 145 Å². The van der Waals surface area contributed by atoms with Crippen LogP contribution in [0.5, 0.6) is 0 Å². The number of nitrogens with zero attached hydrogens (tertiary/aromatic N) is 4. The molecule has 8 heteroatoms. The molecule has 2 aromatic heterocycles. The minimum absolute atomic E-state index is 0.0230. The van der Waals surface area contributed by atoms with Crippen LogP contribution in [0.2, 0.25) is 0 Å². The molecule has 0 radical (unpaired) electrons. The number of carbonyl (C=O) groups is 1. The molecule has 25 heavy (non-hydrogen) atoms. The van der Waals surface area contributed by atoms with E-state index in [2.05, 4.69) is 15.0 Å². The number of hydrogen-bond acceptors (Lipinski definition) is 7. The van der Waals surface area contributed by atoms with E-state index in [1.54, 1.807) is 12.3 Å². The van der Waals surface area contributed by atoms with Gasteiger partial charge in [-0.1, -0.05) is 0 Å². The van der Waals surface area contributed by atoms with Crippen molar-refractivity contribution in [3.63, 3.8) is 0 Å². The van der Waals surface area contributed by atoms with Crippen molar-refractivity contribution in [3.8, 4) is 11.4 Å². The number of rotatable bonds is 5. The number of aliphatic hydroxyl groups excluding tert-OH is 1. The summed E-state index contributed by atoms with van der Waals surface area (Å²) in [4.78, 5) is 25.9. The lowest BCUT2D eigenvalue weighted by atomic mass is 10.2. The minimum atomic E-state index is -1.02. The maximum absolute atomic E-state index is 11.1. The predicted octanol–water partition coefficient (Wildman–Crippen LogP) is 1.21. The third-order valence-corrected chi connectivity index (χ3v) is 3.88. The average molecular weight is 344 g/mol. The molecular formula is C17H20N4O4. The van der Waals surface area contributed by atoms with Gasteiger partial charge in [0, 0.05) is 25.5 Å². The van der Waals surface area contributed by atoms with Crippen LogP contribution in [0.15, 0.2) is 30.6 Å². The van der Waals surface area contributed by atoms with Crippen LogP contribution in [0.1, 0.15) is 24.2 Å². The normalized spacial score (nSPS) is 20.2. The van der Waals surface area contributed by atoms with Gasteiger partial charge in [0.25, 0.3) is 0 Å². The second-order valence-corrected chi connectivity index (χ2v) is 6.17. The fourth-order valence-corrected chi connectivity index (χ4v) is 2.75. The first-order chi connectivity index (χ1) is 11.9. The standard InChI is InChI=1S/C17H20N4O4/c1-10(2)25-15-9-21(8-14(15)22)17-19-6-4-12(20-17)13-7-11(16(23)24)3-5-18-13/h3-7,10,14-15,22H,8-9H2,1-2H3,(H,23,24)/t14-,15-/m0/s1. The van der Waals surface area contributed by atoms with Gasteiger partial charge >= 0.3 is 5.97 Å². The molecule has 0 aromatic carbocycles. The summed E-state index contributed by atoms with van der Waals surface area (Å²) in [6.07, 6.45) is 2.15. The maximum Gasteiger partial charge on any atom is 0.335 e. The van der Waals surface area contributed by atoms with E-state index in [0.29, 0.717) is 30.4 Å². The van der Waals surface area contributed by atoms with Crippen LogP contribution in [-0.4, -0.2) is 62.5 Å². The second kappa shape index (κ2) is 7.12. The zero-order chi connectivity index (χ0) is 18.0. The number of carboxylic acids is 1. The zero-order valence-corrected chi connectivity index (χ0v) is 14.0. The molecule has 2 atom stereocenters. The Morgan fingerprint density at radius 2 is 2.00 bits per heavy atom. The molecule has 1 aliphatic rings. The second-order valence-electron chi connectivity index (χ2n) is 6.17. The quantitative estimate of drug-likeness (QED) is 0.833. The van der Waals surface area contributed by atoms with Gasteiger partial charge in [0.1, 0.15) is 6.10 Å². The molecule has 3 rings (SSSR count). The topological polar surface area (TPSA) is 109 Å². The van der Waals surface area contributed by atoms with Crippen molar-refractivity contribution in [1.29, 1.82) is 0 Å². The Hall–Kier alpha value is -2.58. The SMILES string of the molecule is CC(C)O[C@H]1CN(c2nccc(-c3cc(C(=O)O)ccn3)n2)C[C@@H]1O. The summed E-state index contributed by atoms with van der Waals surface area (Å²) in [5, 5.41) is 19.3. The number of ether oxygens (including phenoxy) is 1. The summed E-state index contributed by atoms with van der Waals surface area (Å²) < 4.78 is 5.71. The molecule has 1 fully saturated rings. The van der Waals surface area contributed by atoms with Gasteiger partial charge in [0.2, 0.25) is 5.95 Å². The maximum atomic E-state index is 11.1. The Balaban J connectivity index is 1.83. The molecule has 2 aromatic rings. The van der Waals surface area contributed by atoms with E-state index < -0.39 is 12.1 Å². The van der Waals surface area contributed by atoms with E-state index in [1.807, 2.05) is 18.7 Å². The molecule has 1 saturated heterocycles. The van der Waals surface area contributed by atoms with Gasteiger partial charge in [-0.25, -0.2) is 14.8 Å². The Morgan fingerprint density at radius 1 is 1.24 bits per heavy atom. The summed E-state index contributed by atoms with van der Waals surface area (Å²) in [6.45, 7) is 4.72. The number of carboxylic acid groups (broad SMARTS) is 1. The number of pyridine rings is 1. The van der Waals surface area contributed by atoms with Crippen LogP contribution in [0.3, 0.4) is 0 Å². The van der Waals surface area contributed by atoms with Crippen molar-refractivity contribution >= 4 is 11.9 Å². The Morgan fingerprint density at radius 3 is 2.72 bits per heavy atom. The molecular weight excluding hydrogens is 324 g/mol. The minimum Gasteiger partial charge on any atom is -0.478 e. The smallest absolute Gasteiger partial charge is 0.335 e. The van der Waals surface area contributed by atoms with E-state index in [1.165, 1.54) is 18.3 Å². The fourth-order valence-electron chi connectivity index (χ4n) is 2.75. The summed E-state index contributed by atoms with van der Waals surface area (Å²) in [5.41, 5.74) is 1.13. The number of aromatic carboxylic acids is 1. The first kappa shape index (κ1) is 17.2. The Kier molecular flexibility index (Phi) is 4.91. The molecule has 0 amide bonds. The molecule has 0 aliphatic carbocycles. The largest absolute Gasteiger partial charge is 0.478 e. The lowest BCUT2D eigenvalue weighted by Crippen LogP contribution is -2.29. The van der Waals surface area contributed by atoms with Crippen molar-refractivity contribution in [2.75, 3.05) is 18.0 Å². The molecule has 1 aliphatic heterocycles. The third kappa shape index (κ3) is 3.92. The highest BCUT2D eigenvalue weighted by atomic mass is 16.5. The van der Waals surface area contributed by atoms with Crippen molar-refractivity contribution in [2.24, 2.45) is 0 Å². The molecule has 8 nitrogen and oxygen atoms in total. The lowest BCUT2D eigenvalue weighted by molar-refractivity contribution is -0.0386. The first-order valence-corrected chi connectivity index (χ1v) is 8.05. The van der Waals surface area contributed by atoms with Gasteiger partial charge in [-0.15, -0.1) is 0 Å². The third-order valence-electron chi connectivity index (χ3n) is 3.88. The van der Waals surface area contributed by atoms with Crippen LogP contribution >= 0.6 is 0 Å². The summed E-state index contributed by atoms with van der Waals surface area (Å²) in [5.74, 6) is -0.566. The number of β-amino-alcohol motifs (C(OH)–C–C–N with tert-alkyl or cyclic N) is 1. The molecule has 0 unspecified atom stereocenters. The molecule has 0 bridgehead atoms. The average Bonchev–Trinajstić information content (AvgIpc) is 2.95. The number of aliphatic hydroxyl groups is 1. The molecule has 0 saturated carbocycles. The highest BCUT2D eigenvalue weighted by Crippen LogP contribution is 2.22. The first-order valence-electron chi connectivity index (χ1n) is 8.05. The fraction of sp³-hybridized carbons (Fsp3) is 0.412. The van der Waals surface area contributed by atoms with Gasteiger partial charge in [0.05, 0.1) is 29.2 Å². The van der Waals surface area contributed by atoms with Crippen LogP contribution in [0.4, 0.5) is 5.95 Å². The van der Waals surface area contributed by atoms with Gasteiger partial charge in [0.15, 0.2) is 0 Å². The number of hydrogen-bond donors (Lipinski definition) is 2. The summed E-state index contributed by atoms with van der Waals surface area (Å²) in [6, 6.07) is 4.57. The van der Waals surface area contributed by atoms with Gasteiger partial charge in [-0.3, -0.25) is 4.98 Å². The molecule has 132 valence electrons. The van der Waals surface area contributed by atoms with Crippen molar-refractivity contribution in [3.05, 3.63) is 36.2 Å². The van der Waals surface area contributed by atoms with Gasteiger partial charge in [-0.2, -0.15) is 0 Å². The molecule has 0 spiro atoms. The Bertz CT molecular complexity index is 768. The predicted molar refractivity (Wildman–Crippen MR) is 90.5 cm³/mol. The van der Waals surface area contributed by atoms with E-state index in [4.69, 9.17) is 9.84 Å². The van der Waals surface area contributed by atoms with E-state index in [0.717, 1.165) is 0 Å². The number of anilines is 1. The van der Waals surface area contributed by atoms with Crippen LogP contribution in [-0.2, 0) is 4.74 Å². The van der Waals surface area contributed by atoms with E-state index >= 15 is 0 Å². The van der Waals surface area contributed by atoms with Crippen molar-refractivity contribution in [1.82, 2.24) is 15.0 Å². The monoisotopic (exact) mass is 344 g/mol.